The zero-order valence-corrected chi connectivity index (χ0v) is 11.0. The zero-order valence-electron chi connectivity index (χ0n) is 11.0. The summed E-state index contributed by atoms with van der Waals surface area (Å²) in [6.07, 6.45) is 0.435. The van der Waals surface area contributed by atoms with E-state index in [2.05, 4.69) is 4.98 Å². The molecule has 0 unspecified atom stereocenters. The topological polar surface area (TPSA) is 79.7 Å². The van der Waals surface area contributed by atoms with Gasteiger partial charge in [-0.2, -0.15) is 0 Å². The molecule has 0 spiro atoms. The fourth-order valence-electron chi connectivity index (χ4n) is 1.81. The Hall–Kier alpha value is -2.40. The van der Waals surface area contributed by atoms with Crippen molar-refractivity contribution in [1.29, 1.82) is 0 Å². The number of rotatable bonds is 5. The molecule has 0 saturated carbocycles. The van der Waals surface area contributed by atoms with Gasteiger partial charge in [-0.15, -0.1) is 0 Å². The van der Waals surface area contributed by atoms with Gasteiger partial charge in [-0.25, -0.2) is 9.78 Å². The van der Waals surface area contributed by atoms with Crippen molar-refractivity contribution in [3.63, 3.8) is 0 Å². The molecule has 2 N–H and O–H groups in total. The third kappa shape index (κ3) is 3.13. The molecule has 2 aromatic rings. The Bertz CT molecular complexity index is 625. The summed E-state index contributed by atoms with van der Waals surface area (Å²) in [4.78, 5) is 15.3. The maximum atomic E-state index is 11.2. The molecule has 0 radical (unpaired) electrons. The second-order valence-corrected chi connectivity index (χ2v) is 4.29. The largest absolute Gasteiger partial charge is 0.477 e. The summed E-state index contributed by atoms with van der Waals surface area (Å²) in [6.45, 7) is 1.76. The molecule has 0 amide bonds. The molecule has 1 aromatic carbocycles. The number of carboxylic acids is 1. The van der Waals surface area contributed by atoms with E-state index in [9.17, 15) is 4.79 Å². The lowest BCUT2D eigenvalue weighted by Gasteiger charge is -2.11. The van der Waals surface area contributed by atoms with E-state index in [0.29, 0.717) is 17.9 Å². The monoisotopic (exact) mass is 273 g/mol. The molecule has 20 heavy (non-hydrogen) atoms. The van der Waals surface area contributed by atoms with E-state index in [0.717, 1.165) is 5.56 Å². The van der Waals surface area contributed by atoms with Crippen molar-refractivity contribution in [3.05, 3.63) is 53.2 Å². The highest BCUT2D eigenvalue weighted by Crippen LogP contribution is 2.27. The molecule has 5 nitrogen and oxygen atoms in total. The third-order valence-corrected chi connectivity index (χ3v) is 2.79. The molecule has 5 heteroatoms. The van der Waals surface area contributed by atoms with Crippen molar-refractivity contribution in [2.45, 2.75) is 13.3 Å². The Labute approximate surface area is 116 Å². The highest BCUT2D eigenvalue weighted by molar-refractivity contribution is 5.90. The predicted octanol–water partition coefficient (Wildman–Crippen LogP) is 2.42. The number of aryl methyl sites for hydroxylation is 1. The Balaban J connectivity index is 2.39. The number of carbonyl (C=O) groups is 1. The van der Waals surface area contributed by atoms with E-state index in [1.807, 2.05) is 12.1 Å². The van der Waals surface area contributed by atoms with Gasteiger partial charge in [-0.3, -0.25) is 0 Å². The van der Waals surface area contributed by atoms with Gasteiger partial charge in [-0.05, 0) is 37.1 Å². The number of pyridine rings is 1. The van der Waals surface area contributed by atoms with Crippen molar-refractivity contribution < 1.29 is 19.7 Å². The first-order valence-corrected chi connectivity index (χ1v) is 6.19. The molecule has 0 atom stereocenters. The quantitative estimate of drug-likeness (QED) is 0.874. The van der Waals surface area contributed by atoms with Gasteiger partial charge in [0.2, 0.25) is 5.88 Å². The van der Waals surface area contributed by atoms with Gasteiger partial charge in [-0.1, -0.05) is 18.2 Å². The molecule has 0 aliphatic rings. The SMILES string of the molecule is Cc1ccc(C(=O)O)c(Oc2ccccc2CCO)n1. The maximum absolute atomic E-state index is 11.2. The van der Waals surface area contributed by atoms with Crippen LogP contribution in [0.2, 0.25) is 0 Å². The van der Waals surface area contributed by atoms with Gasteiger partial charge in [0.25, 0.3) is 0 Å². The number of aromatic nitrogens is 1. The second-order valence-electron chi connectivity index (χ2n) is 4.29. The smallest absolute Gasteiger partial charge is 0.341 e. The number of ether oxygens (including phenoxy) is 1. The van der Waals surface area contributed by atoms with E-state index >= 15 is 0 Å². The number of hydrogen-bond donors (Lipinski definition) is 2. The van der Waals surface area contributed by atoms with Crippen LogP contribution in [0.4, 0.5) is 0 Å². The average Bonchev–Trinajstić information content (AvgIpc) is 2.41. The van der Waals surface area contributed by atoms with Crippen LogP contribution in [0.5, 0.6) is 11.6 Å². The first-order valence-electron chi connectivity index (χ1n) is 6.19. The molecule has 0 saturated heterocycles. The summed E-state index contributed by atoms with van der Waals surface area (Å²) in [5, 5.41) is 18.2. The maximum Gasteiger partial charge on any atom is 0.341 e. The first-order chi connectivity index (χ1) is 9.61. The lowest BCUT2D eigenvalue weighted by molar-refractivity contribution is 0.0693. The fourth-order valence-corrected chi connectivity index (χ4v) is 1.81. The van der Waals surface area contributed by atoms with Crippen LogP contribution in [0.25, 0.3) is 0 Å². The van der Waals surface area contributed by atoms with Gasteiger partial charge < -0.3 is 14.9 Å². The number of aliphatic hydroxyl groups excluding tert-OH is 1. The Morgan fingerprint density at radius 3 is 2.70 bits per heavy atom. The zero-order chi connectivity index (χ0) is 14.5. The first kappa shape index (κ1) is 14.0. The van der Waals surface area contributed by atoms with Crippen LogP contribution in [0.1, 0.15) is 21.6 Å². The average molecular weight is 273 g/mol. The van der Waals surface area contributed by atoms with Crippen LogP contribution < -0.4 is 4.74 Å². The molecule has 0 aliphatic carbocycles. The number of aromatic carboxylic acids is 1. The highest BCUT2D eigenvalue weighted by atomic mass is 16.5. The Morgan fingerprint density at radius 1 is 1.25 bits per heavy atom. The minimum absolute atomic E-state index is 0.00654. The standard InChI is InChI=1S/C15H15NO4/c1-10-6-7-12(15(18)19)14(16-10)20-13-5-3-2-4-11(13)8-9-17/h2-7,17H,8-9H2,1H3,(H,18,19). The number of aliphatic hydroxyl groups is 1. The van der Waals surface area contributed by atoms with Crippen molar-refractivity contribution in [1.82, 2.24) is 4.98 Å². The van der Waals surface area contributed by atoms with Crippen LogP contribution in [-0.2, 0) is 6.42 Å². The van der Waals surface area contributed by atoms with E-state index < -0.39 is 5.97 Å². The summed E-state index contributed by atoms with van der Waals surface area (Å²) in [7, 11) is 0. The minimum Gasteiger partial charge on any atom is -0.477 e. The molecule has 1 aromatic heterocycles. The lowest BCUT2D eigenvalue weighted by Crippen LogP contribution is -2.04. The number of nitrogens with zero attached hydrogens (tertiary/aromatic N) is 1. The number of hydrogen-bond acceptors (Lipinski definition) is 4. The molecule has 0 bridgehead atoms. The highest BCUT2D eigenvalue weighted by Gasteiger charge is 2.15. The van der Waals surface area contributed by atoms with Crippen molar-refractivity contribution in [2.24, 2.45) is 0 Å². The van der Waals surface area contributed by atoms with Crippen molar-refractivity contribution in [3.8, 4) is 11.6 Å². The Morgan fingerprint density at radius 2 is 2.00 bits per heavy atom. The number of benzene rings is 1. The van der Waals surface area contributed by atoms with Crippen LogP contribution in [0, 0.1) is 6.92 Å². The van der Waals surface area contributed by atoms with Crippen LogP contribution >= 0.6 is 0 Å². The summed E-state index contributed by atoms with van der Waals surface area (Å²) >= 11 is 0. The molecule has 0 aliphatic heterocycles. The van der Waals surface area contributed by atoms with Crippen LogP contribution in [0.3, 0.4) is 0 Å². The van der Waals surface area contributed by atoms with Crippen molar-refractivity contribution >= 4 is 5.97 Å². The van der Waals surface area contributed by atoms with Gasteiger partial charge in [0.1, 0.15) is 11.3 Å². The van der Waals surface area contributed by atoms with E-state index in [1.54, 1.807) is 25.1 Å². The van der Waals surface area contributed by atoms with Gasteiger partial charge in [0.15, 0.2) is 0 Å². The molecule has 2 rings (SSSR count). The van der Waals surface area contributed by atoms with Gasteiger partial charge >= 0.3 is 5.97 Å². The summed E-state index contributed by atoms with van der Waals surface area (Å²) in [6, 6.07) is 10.2. The second kappa shape index (κ2) is 6.16. The lowest BCUT2D eigenvalue weighted by atomic mass is 10.1. The van der Waals surface area contributed by atoms with E-state index in [-0.39, 0.29) is 18.1 Å². The van der Waals surface area contributed by atoms with E-state index in [4.69, 9.17) is 14.9 Å². The summed E-state index contributed by atoms with van der Waals surface area (Å²) in [5.41, 5.74) is 1.48. The fraction of sp³-hybridized carbons (Fsp3) is 0.200. The van der Waals surface area contributed by atoms with Crippen LogP contribution in [0.15, 0.2) is 36.4 Å². The Kier molecular flexibility index (Phi) is 4.32. The summed E-state index contributed by atoms with van der Waals surface area (Å²) < 4.78 is 5.63. The van der Waals surface area contributed by atoms with Gasteiger partial charge in [0, 0.05) is 12.3 Å². The molecular weight excluding hydrogens is 258 g/mol. The molecular formula is C15H15NO4. The predicted molar refractivity (Wildman–Crippen MR) is 73.2 cm³/mol. The minimum atomic E-state index is -1.09. The molecule has 0 fully saturated rings. The van der Waals surface area contributed by atoms with Crippen LogP contribution in [-0.4, -0.2) is 27.8 Å². The molecule has 1 heterocycles. The normalized spacial score (nSPS) is 10.3. The summed E-state index contributed by atoms with van der Waals surface area (Å²) in [5.74, 6) is -0.530. The van der Waals surface area contributed by atoms with E-state index in [1.165, 1.54) is 6.07 Å². The van der Waals surface area contributed by atoms with Crippen molar-refractivity contribution in [2.75, 3.05) is 6.61 Å². The van der Waals surface area contributed by atoms with Gasteiger partial charge in [0.05, 0.1) is 0 Å². The number of carboxylic acid groups (broad SMARTS) is 1. The number of para-hydroxylation sites is 1. The molecule has 104 valence electrons. The third-order valence-electron chi connectivity index (χ3n) is 2.79.